The van der Waals surface area contributed by atoms with E-state index >= 15 is 0 Å². The van der Waals surface area contributed by atoms with Crippen LogP contribution < -0.4 is 10.6 Å². The molecule has 0 aliphatic carbocycles. The Kier molecular flexibility index (Phi) is 6.63. The molecule has 0 saturated heterocycles. The quantitative estimate of drug-likeness (QED) is 0.509. The second-order valence-electron chi connectivity index (χ2n) is 8.13. The molecule has 3 aromatic carbocycles. The van der Waals surface area contributed by atoms with E-state index in [1.54, 1.807) is 36.1 Å². The maximum atomic E-state index is 13.1. The topological polar surface area (TPSA) is 87.7 Å². The molecule has 0 radical (unpaired) electrons. The van der Waals surface area contributed by atoms with E-state index < -0.39 is 12.0 Å². The van der Waals surface area contributed by atoms with Crippen LogP contribution in [0.3, 0.4) is 0 Å². The van der Waals surface area contributed by atoms with Crippen LogP contribution in [0.4, 0.5) is 10.5 Å². The minimum Gasteiger partial charge on any atom is -0.466 e. The Morgan fingerprint density at radius 1 is 1.06 bits per heavy atom. The number of anilines is 1. The molecule has 3 amide bonds. The maximum absolute atomic E-state index is 13.1. The molecular formula is C27H27N3O4. The van der Waals surface area contributed by atoms with Crippen molar-refractivity contribution in [3.05, 3.63) is 89.1 Å². The lowest BCUT2D eigenvalue weighted by Crippen LogP contribution is -2.48. The normalized spacial score (nSPS) is 15.8. The first-order valence-electron chi connectivity index (χ1n) is 11.2. The summed E-state index contributed by atoms with van der Waals surface area (Å²) in [5, 5.41) is 7.70. The number of esters is 1. The van der Waals surface area contributed by atoms with Gasteiger partial charge in [-0.25, -0.2) is 9.59 Å². The highest BCUT2D eigenvalue weighted by Crippen LogP contribution is 2.32. The molecule has 3 aromatic rings. The van der Waals surface area contributed by atoms with Crippen molar-refractivity contribution in [3.8, 4) is 0 Å². The zero-order chi connectivity index (χ0) is 24.2. The molecule has 4 rings (SSSR count). The van der Waals surface area contributed by atoms with Gasteiger partial charge >= 0.3 is 12.0 Å². The summed E-state index contributed by atoms with van der Waals surface area (Å²) in [6.45, 7) is 4.21. The number of hydrogen-bond donors (Lipinski definition) is 2. The minimum atomic E-state index is -0.692. The van der Waals surface area contributed by atoms with E-state index in [2.05, 4.69) is 10.6 Å². The van der Waals surface area contributed by atoms with Gasteiger partial charge in [0.05, 0.1) is 18.7 Å². The molecule has 0 spiro atoms. The standard InChI is InChI=1S/C27H27N3O4/c1-4-15-30-17(2)23(26(32)34-3)24(29-27(30)33)19-11-7-12-20(16-19)28-25(31)22-14-8-10-18-9-5-6-13-21(18)22/h5-14,16,24H,4,15H2,1-3H3,(H,28,31)(H,29,33)/t24-/m0/s1. The molecule has 1 aliphatic rings. The number of ether oxygens (including phenoxy) is 1. The average molecular weight is 458 g/mol. The van der Waals surface area contributed by atoms with E-state index in [4.69, 9.17) is 4.74 Å². The van der Waals surface area contributed by atoms with E-state index in [0.717, 1.165) is 17.2 Å². The molecule has 0 unspecified atom stereocenters. The molecule has 7 nitrogen and oxygen atoms in total. The van der Waals surface area contributed by atoms with Crippen LogP contribution in [0.5, 0.6) is 0 Å². The Balaban J connectivity index is 1.67. The number of carbonyl (C=O) groups is 3. The lowest BCUT2D eigenvalue weighted by atomic mass is 9.94. The van der Waals surface area contributed by atoms with Crippen molar-refractivity contribution < 1.29 is 19.1 Å². The van der Waals surface area contributed by atoms with Gasteiger partial charge in [-0.15, -0.1) is 0 Å². The summed E-state index contributed by atoms with van der Waals surface area (Å²) >= 11 is 0. The highest BCUT2D eigenvalue weighted by atomic mass is 16.5. The largest absolute Gasteiger partial charge is 0.466 e. The predicted octanol–water partition coefficient (Wildman–Crippen LogP) is 5.02. The third-order valence-electron chi connectivity index (χ3n) is 5.96. The molecule has 0 bridgehead atoms. The third-order valence-corrected chi connectivity index (χ3v) is 5.96. The van der Waals surface area contributed by atoms with Crippen molar-refractivity contribution in [1.29, 1.82) is 0 Å². The number of rotatable bonds is 6. The number of allylic oxidation sites excluding steroid dienone is 1. The molecular weight excluding hydrogens is 430 g/mol. The second-order valence-corrected chi connectivity index (χ2v) is 8.13. The molecule has 0 saturated carbocycles. The van der Waals surface area contributed by atoms with E-state index in [9.17, 15) is 14.4 Å². The van der Waals surface area contributed by atoms with Crippen molar-refractivity contribution in [2.75, 3.05) is 19.0 Å². The Labute approximate surface area is 198 Å². The lowest BCUT2D eigenvalue weighted by molar-refractivity contribution is -0.136. The van der Waals surface area contributed by atoms with Crippen LogP contribution in [0.1, 0.15) is 42.2 Å². The van der Waals surface area contributed by atoms with Gasteiger partial charge in [0.25, 0.3) is 5.91 Å². The average Bonchev–Trinajstić information content (AvgIpc) is 2.85. The number of nitrogens with zero attached hydrogens (tertiary/aromatic N) is 1. The number of methoxy groups -OCH3 is 1. The van der Waals surface area contributed by atoms with Crippen LogP contribution >= 0.6 is 0 Å². The van der Waals surface area contributed by atoms with Crippen LogP contribution in [-0.2, 0) is 9.53 Å². The van der Waals surface area contributed by atoms with Crippen molar-refractivity contribution in [1.82, 2.24) is 10.2 Å². The summed E-state index contributed by atoms with van der Waals surface area (Å²) in [7, 11) is 1.32. The number of amides is 3. The van der Waals surface area contributed by atoms with Gasteiger partial charge in [0.15, 0.2) is 0 Å². The SMILES string of the molecule is CCCN1C(=O)N[C@@H](c2cccc(NC(=O)c3cccc4ccccc34)c2)C(C(=O)OC)=C1C. The molecule has 174 valence electrons. The monoisotopic (exact) mass is 457 g/mol. The summed E-state index contributed by atoms with van der Waals surface area (Å²) in [5.41, 5.74) is 2.72. The molecule has 0 fully saturated rings. The smallest absolute Gasteiger partial charge is 0.337 e. The first kappa shape index (κ1) is 23.0. The summed E-state index contributed by atoms with van der Waals surface area (Å²) in [6.07, 6.45) is 0.750. The molecule has 34 heavy (non-hydrogen) atoms. The van der Waals surface area contributed by atoms with Gasteiger partial charge in [0.1, 0.15) is 0 Å². The molecule has 1 aliphatic heterocycles. The van der Waals surface area contributed by atoms with Gasteiger partial charge in [-0.2, -0.15) is 0 Å². The van der Waals surface area contributed by atoms with E-state index in [1.807, 2.05) is 49.4 Å². The summed E-state index contributed by atoms with van der Waals surface area (Å²) in [6, 6.07) is 19.5. The maximum Gasteiger partial charge on any atom is 0.337 e. The number of fused-ring (bicyclic) bond motifs is 1. The number of benzene rings is 3. The van der Waals surface area contributed by atoms with Crippen LogP contribution in [0, 0.1) is 0 Å². The van der Waals surface area contributed by atoms with Crippen molar-refractivity contribution in [3.63, 3.8) is 0 Å². The third kappa shape index (κ3) is 4.37. The van der Waals surface area contributed by atoms with Crippen LogP contribution in [-0.4, -0.2) is 36.5 Å². The summed E-state index contributed by atoms with van der Waals surface area (Å²) in [5.74, 6) is -0.746. The summed E-state index contributed by atoms with van der Waals surface area (Å²) < 4.78 is 5.02. The fourth-order valence-corrected chi connectivity index (χ4v) is 4.32. The van der Waals surface area contributed by atoms with E-state index in [-0.39, 0.29) is 11.9 Å². The molecule has 2 N–H and O–H groups in total. The van der Waals surface area contributed by atoms with Gasteiger partial charge in [-0.05, 0) is 47.9 Å². The molecule has 1 atom stereocenters. The number of carbonyl (C=O) groups excluding carboxylic acids is 3. The van der Waals surface area contributed by atoms with E-state index in [1.165, 1.54) is 7.11 Å². The highest BCUT2D eigenvalue weighted by molar-refractivity contribution is 6.13. The van der Waals surface area contributed by atoms with Gasteiger partial charge in [-0.3, -0.25) is 9.69 Å². The van der Waals surface area contributed by atoms with Crippen molar-refractivity contribution in [2.45, 2.75) is 26.3 Å². The van der Waals surface area contributed by atoms with E-state index in [0.29, 0.717) is 34.6 Å². The Hall–Kier alpha value is -4.13. The lowest BCUT2D eigenvalue weighted by Gasteiger charge is -2.35. The second kappa shape index (κ2) is 9.79. The van der Waals surface area contributed by atoms with Crippen LogP contribution in [0.25, 0.3) is 10.8 Å². The molecule has 1 heterocycles. The predicted molar refractivity (Wildman–Crippen MR) is 131 cm³/mol. The fraction of sp³-hybridized carbons (Fsp3) is 0.222. The van der Waals surface area contributed by atoms with Crippen LogP contribution in [0.2, 0.25) is 0 Å². The Morgan fingerprint density at radius 3 is 2.56 bits per heavy atom. The zero-order valence-electron chi connectivity index (χ0n) is 19.4. The first-order chi connectivity index (χ1) is 16.4. The van der Waals surface area contributed by atoms with Gasteiger partial charge in [-0.1, -0.05) is 55.5 Å². The van der Waals surface area contributed by atoms with Gasteiger partial charge in [0, 0.05) is 23.5 Å². The molecule has 0 aromatic heterocycles. The Morgan fingerprint density at radius 2 is 1.79 bits per heavy atom. The highest BCUT2D eigenvalue weighted by Gasteiger charge is 2.36. The first-order valence-corrected chi connectivity index (χ1v) is 11.2. The van der Waals surface area contributed by atoms with Gasteiger partial charge in [0.2, 0.25) is 0 Å². The van der Waals surface area contributed by atoms with Crippen LogP contribution in [0.15, 0.2) is 78.0 Å². The van der Waals surface area contributed by atoms with Crippen molar-refractivity contribution in [2.24, 2.45) is 0 Å². The Bertz CT molecular complexity index is 1290. The number of urea groups is 1. The summed E-state index contributed by atoms with van der Waals surface area (Å²) in [4.78, 5) is 40.1. The fourth-order valence-electron chi connectivity index (χ4n) is 4.32. The zero-order valence-corrected chi connectivity index (χ0v) is 19.4. The minimum absolute atomic E-state index is 0.240. The van der Waals surface area contributed by atoms with Crippen molar-refractivity contribution >= 4 is 34.4 Å². The van der Waals surface area contributed by atoms with Gasteiger partial charge < -0.3 is 15.4 Å². The molecule has 7 heteroatoms. The number of hydrogen-bond acceptors (Lipinski definition) is 4. The number of nitrogens with one attached hydrogen (secondary N) is 2.